The maximum absolute atomic E-state index is 12.8. The molecule has 0 spiro atoms. The Kier molecular flexibility index (Phi) is 4.29. The maximum Gasteiger partial charge on any atom is 0.257 e. The third-order valence-electron chi connectivity index (χ3n) is 3.73. The second-order valence-electron chi connectivity index (χ2n) is 5.41. The third kappa shape index (κ3) is 3.27. The van der Waals surface area contributed by atoms with Crippen molar-refractivity contribution in [1.29, 1.82) is 0 Å². The van der Waals surface area contributed by atoms with Crippen LogP contribution in [-0.2, 0) is 17.8 Å². The Labute approximate surface area is 136 Å². The molecule has 1 heterocycles. The van der Waals surface area contributed by atoms with Crippen molar-refractivity contribution < 1.29 is 14.3 Å². The topological polar surface area (TPSA) is 82.2 Å². The Bertz CT molecular complexity index is 949. The number of benzene rings is 2. The van der Waals surface area contributed by atoms with Gasteiger partial charge < -0.3 is 15.4 Å². The number of carbonyl (C=O) groups is 1. The van der Waals surface area contributed by atoms with Crippen molar-refractivity contribution in [2.24, 2.45) is 0 Å². The Morgan fingerprint density at radius 3 is 2.58 bits per heavy atom. The van der Waals surface area contributed by atoms with E-state index < -0.39 is 5.56 Å². The molecule has 0 fully saturated rings. The molecule has 0 unspecified atom stereocenters. The van der Waals surface area contributed by atoms with Gasteiger partial charge in [0.15, 0.2) is 0 Å². The van der Waals surface area contributed by atoms with Gasteiger partial charge in [-0.05, 0) is 29.8 Å². The molecule has 0 aliphatic heterocycles. The number of rotatable bonds is 4. The molecule has 3 rings (SSSR count). The van der Waals surface area contributed by atoms with Crippen LogP contribution in [0.3, 0.4) is 0 Å². The van der Waals surface area contributed by atoms with Crippen molar-refractivity contribution in [2.75, 3.05) is 0 Å². The van der Waals surface area contributed by atoms with Gasteiger partial charge in [0, 0.05) is 5.39 Å². The van der Waals surface area contributed by atoms with Gasteiger partial charge in [-0.2, -0.15) is 0 Å². The van der Waals surface area contributed by atoms with E-state index in [1.165, 1.54) is 24.3 Å². The predicted octanol–water partition coefficient (Wildman–Crippen LogP) is 2.23. The van der Waals surface area contributed by atoms with Crippen LogP contribution in [0.4, 0.5) is 4.39 Å². The lowest BCUT2D eigenvalue weighted by Gasteiger charge is -2.09. The van der Waals surface area contributed by atoms with Gasteiger partial charge in [-0.25, -0.2) is 4.39 Å². The first kappa shape index (κ1) is 15.7. The molecule has 0 aliphatic rings. The number of para-hydroxylation sites is 1. The Hall–Kier alpha value is -3.15. The van der Waals surface area contributed by atoms with Crippen LogP contribution in [-0.4, -0.2) is 16.0 Å². The standard InChI is InChI=1S/C18H15FN2O3/c19-12-7-5-11(6-8-12)9-16(22)20-10-14-17(23)13-3-1-2-4-15(13)21-18(14)24/h1-8H,9-10H2,(H,20,22)(H2,21,23,24). The normalized spacial score (nSPS) is 10.7. The molecule has 2 aromatic carbocycles. The van der Waals surface area contributed by atoms with E-state index in [1.807, 2.05) is 0 Å². The zero-order chi connectivity index (χ0) is 17.1. The third-order valence-corrected chi connectivity index (χ3v) is 3.73. The maximum atomic E-state index is 12.8. The minimum Gasteiger partial charge on any atom is -0.507 e. The molecule has 5 nitrogen and oxygen atoms in total. The summed E-state index contributed by atoms with van der Waals surface area (Å²) in [5.41, 5.74) is 0.835. The fourth-order valence-electron chi connectivity index (χ4n) is 2.47. The SMILES string of the molecule is O=C(Cc1ccc(F)cc1)NCc1c(O)c2ccccc2[nH]c1=O. The molecule has 122 valence electrons. The van der Waals surface area contributed by atoms with Crippen LogP contribution in [0.5, 0.6) is 5.75 Å². The van der Waals surface area contributed by atoms with E-state index >= 15 is 0 Å². The molecule has 3 aromatic rings. The van der Waals surface area contributed by atoms with E-state index in [2.05, 4.69) is 10.3 Å². The molecule has 0 saturated heterocycles. The number of carbonyl (C=O) groups excluding carboxylic acids is 1. The summed E-state index contributed by atoms with van der Waals surface area (Å²) >= 11 is 0. The molecular weight excluding hydrogens is 311 g/mol. The highest BCUT2D eigenvalue weighted by molar-refractivity contribution is 5.86. The number of H-pyrrole nitrogens is 1. The minimum atomic E-state index is -0.451. The van der Waals surface area contributed by atoms with Gasteiger partial charge in [0.05, 0.1) is 24.0 Å². The zero-order valence-corrected chi connectivity index (χ0v) is 12.7. The minimum absolute atomic E-state index is 0.0620. The Morgan fingerprint density at radius 1 is 1.12 bits per heavy atom. The molecule has 0 bridgehead atoms. The summed E-state index contributed by atoms with van der Waals surface area (Å²) in [6.07, 6.45) is 0.0620. The number of nitrogens with one attached hydrogen (secondary N) is 2. The van der Waals surface area contributed by atoms with Gasteiger partial charge in [-0.1, -0.05) is 24.3 Å². The number of aromatic amines is 1. The van der Waals surface area contributed by atoms with E-state index in [-0.39, 0.29) is 36.0 Å². The number of halogens is 1. The molecule has 1 amide bonds. The van der Waals surface area contributed by atoms with Crippen LogP contribution in [0.25, 0.3) is 10.9 Å². The number of aromatic hydroxyl groups is 1. The van der Waals surface area contributed by atoms with Crippen molar-refractivity contribution in [3.8, 4) is 5.75 Å². The molecule has 0 saturated carbocycles. The lowest BCUT2D eigenvalue weighted by molar-refractivity contribution is -0.120. The number of hydrogen-bond acceptors (Lipinski definition) is 3. The quantitative estimate of drug-likeness (QED) is 0.687. The number of amides is 1. The van der Waals surface area contributed by atoms with Crippen molar-refractivity contribution in [1.82, 2.24) is 10.3 Å². The molecule has 24 heavy (non-hydrogen) atoms. The molecule has 0 radical (unpaired) electrons. The second-order valence-corrected chi connectivity index (χ2v) is 5.41. The fourth-order valence-corrected chi connectivity index (χ4v) is 2.47. The average molecular weight is 326 g/mol. The van der Waals surface area contributed by atoms with Gasteiger partial charge in [0.25, 0.3) is 5.56 Å². The molecule has 6 heteroatoms. The highest BCUT2D eigenvalue weighted by atomic mass is 19.1. The van der Waals surface area contributed by atoms with E-state index in [4.69, 9.17) is 0 Å². The van der Waals surface area contributed by atoms with Crippen molar-refractivity contribution in [3.05, 3.63) is 75.8 Å². The lowest BCUT2D eigenvalue weighted by Crippen LogP contribution is -2.28. The first-order valence-corrected chi connectivity index (χ1v) is 7.38. The summed E-state index contributed by atoms with van der Waals surface area (Å²) in [6.45, 7) is -0.0912. The Balaban J connectivity index is 1.74. The van der Waals surface area contributed by atoms with Crippen LogP contribution in [0.2, 0.25) is 0 Å². The van der Waals surface area contributed by atoms with E-state index in [9.17, 15) is 19.1 Å². The van der Waals surface area contributed by atoms with Gasteiger partial charge in [0.2, 0.25) is 5.91 Å². The number of pyridine rings is 1. The van der Waals surface area contributed by atoms with Crippen molar-refractivity contribution in [3.63, 3.8) is 0 Å². The first-order chi connectivity index (χ1) is 11.5. The highest BCUT2D eigenvalue weighted by Gasteiger charge is 2.12. The lowest BCUT2D eigenvalue weighted by atomic mass is 10.1. The van der Waals surface area contributed by atoms with Crippen LogP contribution in [0.1, 0.15) is 11.1 Å². The summed E-state index contributed by atoms with van der Waals surface area (Å²) in [5, 5.41) is 13.4. The highest BCUT2D eigenvalue weighted by Crippen LogP contribution is 2.24. The number of aromatic nitrogens is 1. The fraction of sp³-hybridized carbons (Fsp3) is 0.111. The van der Waals surface area contributed by atoms with Gasteiger partial charge in [-0.3, -0.25) is 9.59 Å². The van der Waals surface area contributed by atoms with Crippen LogP contribution >= 0.6 is 0 Å². The summed E-state index contributed by atoms with van der Waals surface area (Å²) in [5.74, 6) is -0.836. The molecule has 3 N–H and O–H groups in total. The van der Waals surface area contributed by atoms with Gasteiger partial charge in [0.1, 0.15) is 11.6 Å². The van der Waals surface area contributed by atoms with E-state index in [0.717, 1.165) is 0 Å². The number of fused-ring (bicyclic) bond motifs is 1. The van der Waals surface area contributed by atoms with Crippen LogP contribution in [0, 0.1) is 5.82 Å². The molecule has 0 atom stereocenters. The second kappa shape index (κ2) is 6.54. The smallest absolute Gasteiger partial charge is 0.257 e. The van der Waals surface area contributed by atoms with Crippen molar-refractivity contribution in [2.45, 2.75) is 13.0 Å². The van der Waals surface area contributed by atoms with Gasteiger partial charge >= 0.3 is 0 Å². The van der Waals surface area contributed by atoms with Crippen molar-refractivity contribution >= 4 is 16.8 Å². The van der Waals surface area contributed by atoms with Crippen LogP contribution in [0.15, 0.2) is 53.3 Å². The predicted molar refractivity (Wildman–Crippen MR) is 88.2 cm³/mol. The summed E-state index contributed by atoms with van der Waals surface area (Å²) < 4.78 is 12.8. The average Bonchev–Trinajstić information content (AvgIpc) is 2.57. The summed E-state index contributed by atoms with van der Waals surface area (Å²) in [6, 6.07) is 12.5. The van der Waals surface area contributed by atoms with E-state index in [1.54, 1.807) is 24.3 Å². The molecule has 1 aromatic heterocycles. The molecule has 0 aliphatic carbocycles. The van der Waals surface area contributed by atoms with Crippen LogP contribution < -0.4 is 10.9 Å². The van der Waals surface area contributed by atoms with Gasteiger partial charge in [-0.15, -0.1) is 0 Å². The summed E-state index contributed by atoms with van der Waals surface area (Å²) in [7, 11) is 0. The zero-order valence-electron chi connectivity index (χ0n) is 12.7. The first-order valence-electron chi connectivity index (χ1n) is 7.38. The largest absolute Gasteiger partial charge is 0.507 e. The van der Waals surface area contributed by atoms with E-state index in [0.29, 0.717) is 16.5 Å². The summed E-state index contributed by atoms with van der Waals surface area (Å²) in [4.78, 5) is 26.7. The number of hydrogen-bond donors (Lipinski definition) is 3. The monoisotopic (exact) mass is 326 g/mol. The Morgan fingerprint density at radius 2 is 1.83 bits per heavy atom. The molecular formula is C18H15FN2O3.